The highest BCUT2D eigenvalue weighted by atomic mass is 32.2. The summed E-state index contributed by atoms with van der Waals surface area (Å²) in [5.74, 6) is -0.657. The minimum atomic E-state index is -0.993. The smallest absolute Gasteiger partial charge is 0.305 e. The van der Waals surface area contributed by atoms with E-state index in [1.54, 1.807) is 30.3 Å². The van der Waals surface area contributed by atoms with Gasteiger partial charge in [0.2, 0.25) is 0 Å². The van der Waals surface area contributed by atoms with Gasteiger partial charge in [-0.1, -0.05) is 24.0 Å². The van der Waals surface area contributed by atoms with Crippen LogP contribution in [0.4, 0.5) is 4.39 Å². The molecule has 5 nitrogen and oxygen atoms in total. The van der Waals surface area contributed by atoms with E-state index in [4.69, 9.17) is 21.7 Å². The Kier molecular flexibility index (Phi) is 5.00. The number of carboxylic acids is 1. The number of halogens is 1. The fourth-order valence-corrected chi connectivity index (χ4v) is 3.52. The molecule has 1 N–H and O–H groups in total. The van der Waals surface area contributed by atoms with Crippen molar-refractivity contribution in [2.45, 2.75) is 6.42 Å². The van der Waals surface area contributed by atoms with Crippen LogP contribution in [-0.2, 0) is 9.59 Å². The minimum Gasteiger partial charge on any atom is -0.481 e. The number of furan rings is 1. The first kappa shape index (κ1) is 17.4. The number of thiocarbonyl (C=S) groups is 1. The maximum absolute atomic E-state index is 13.0. The van der Waals surface area contributed by atoms with Gasteiger partial charge in [-0.25, -0.2) is 4.39 Å². The van der Waals surface area contributed by atoms with Crippen LogP contribution in [0.5, 0.6) is 0 Å². The molecule has 0 bridgehead atoms. The molecule has 2 heterocycles. The summed E-state index contributed by atoms with van der Waals surface area (Å²) in [5.41, 5.74) is 0.718. The maximum atomic E-state index is 13.0. The van der Waals surface area contributed by atoms with Crippen LogP contribution in [0.25, 0.3) is 17.4 Å². The van der Waals surface area contributed by atoms with Gasteiger partial charge in [0.05, 0.1) is 11.3 Å². The number of carbonyl (C=O) groups excluding carboxylic acids is 1. The zero-order valence-corrected chi connectivity index (χ0v) is 14.4. The molecule has 0 atom stereocenters. The zero-order chi connectivity index (χ0) is 18.0. The molecule has 1 aliphatic rings. The quantitative estimate of drug-likeness (QED) is 0.632. The summed E-state index contributed by atoms with van der Waals surface area (Å²) in [6.07, 6.45) is 1.39. The lowest BCUT2D eigenvalue weighted by Gasteiger charge is -2.12. The highest BCUT2D eigenvalue weighted by Gasteiger charge is 2.32. The van der Waals surface area contributed by atoms with Crippen molar-refractivity contribution in [1.82, 2.24) is 4.90 Å². The topological polar surface area (TPSA) is 70.8 Å². The molecule has 25 heavy (non-hydrogen) atoms. The molecule has 1 aromatic heterocycles. The third-order valence-corrected chi connectivity index (χ3v) is 4.83. The standard InChI is InChI=1S/C17H12FNO4S2/c18-11-3-1-10(2-4-11)13-6-5-12(23-13)9-14-16(22)19(17(24)25-14)8-7-15(20)21/h1-6,9H,7-8H2,(H,20,21). The number of thioether (sulfide) groups is 1. The van der Waals surface area contributed by atoms with E-state index < -0.39 is 5.97 Å². The predicted molar refractivity (Wildman–Crippen MR) is 96.2 cm³/mol. The second-order valence-electron chi connectivity index (χ2n) is 5.19. The van der Waals surface area contributed by atoms with Gasteiger partial charge >= 0.3 is 5.97 Å². The number of rotatable bonds is 5. The fraction of sp³-hybridized carbons (Fsp3) is 0.118. The van der Waals surface area contributed by atoms with Crippen LogP contribution in [0.3, 0.4) is 0 Å². The molecule has 2 aromatic rings. The van der Waals surface area contributed by atoms with E-state index in [9.17, 15) is 14.0 Å². The normalized spacial score (nSPS) is 16.0. The molecule has 128 valence electrons. The average Bonchev–Trinajstić information content (AvgIpc) is 3.12. The number of hydrogen-bond acceptors (Lipinski definition) is 5. The van der Waals surface area contributed by atoms with E-state index in [0.717, 1.165) is 17.3 Å². The number of benzene rings is 1. The van der Waals surface area contributed by atoms with Crippen molar-refractivity contribution in [2.24, 2.45) is 0 Å². The average molecular weight is 377 g/mol. The Labute approximate surface area is 152 Å². The summed E-state index contributed by atoms with van der Waals surface area (Å²) in [6, 6.07) is 9.30. The van der Waals surface area contributed by atoms with Gasteiger partial charge in [-0.15, -0.1) is 0 Å². The fourth-order valence-electron chi connectivity index (χ4n) is 2.23. The summed E-state index contributed by atoms with van der Waals surface area (Å²) in [5, 5.41) is 8.73. The van der Waals surface area contributed by atoms with E-state index in [2.05, 4.69) is 0 Å². The number of amides is 1. The molecule has 1 aromatic carbocycles. The Hall–Kier alpha value is -2.45. The molecule has 1 fully saturated rings. The summed E-state index contributed by atoms with van der Waals surface area (Å²) < 4.78 is 19.0. The van der Waals surface area contributed by atoms with Crippen molar-refractivity contribution in [3.8, 4) is 11.3 Å². The summed E-state index contributed by atoms with van der Waals surface area (Å²) in [4.78, 5) is 24.6. The Bertz CT molecular complexity index is 873. The van der Waals surface area contributed by atoms with Gasteiger partial charge in [-0.05, 0) is 36.4 Å². The van der Waals surface area contributed by atoms with Gasteiger partial charge in [-0.3, -0.25) is 14.5 Å². The van der Waals surface area contributed by atoms with Crippen LogP contribution < -0.4 is 0 Å². The first-order valence-corrected chi connectivity index (χ1v) is 8.49. The lowest BCUT2D eigenvalue weighted by Crippen LogP contribution is -2.30. The van der Waals surface area contributed by atoms with E-state index >= 15 is 0 Å². The van der Waals surface area contributed by atoms with Crippen LogP contribution in [0, 0.1) is 5.82 Å². The van der Waals surface area contributed by atoms with E-state index in [0.29, 0.717) is 20.7 Å². The van der Waals surface area contributed by atoms with E-state index in [1.807, 2.05) is 0 Å². The van der Waals surface area contributed by atoms with Crippen molar-refractivity contribution in [1.29, 1.82) is 0 Å². The molecule has 1 saturated heterocycles. The lowest BCUT2D eigenvalue weighted by molar-refractivity contribution is -0.137. The van der Waals surface area contributed by atoms with Gasteiger partial charge < -0.3 is 9.52 Å². The third-order valence-electron chi connectivity index (χ3n) is 3.45. The maximum Gasteiger partial charge on any atom is 0.305 e. The molecule has 0 unspecified atom stereocenters. The molecule has 3 rings (SSSR count). The molecule has 8 heteroatoms. The number of carbonyl (C=O) groups is 2. The molecule has 0 radical (unpaired) electrons. The van der Waals surface area contributed by atoms with Crippen LogP contribution in [0.2, 0.25) is 0 Å². The first-order chi connectivity index (χ1) is 11.9. The molecular weight excluding hydrogens is 365 g/mol. The van der Waals surface area contributed by atoms with Gasteiger partial charge in [0.25, 0.3) is 5.91 Å². The van der Waals surface area contributed by atoms with Crippen LogP contribution >= 0.6 is 24.0 Å². The number of aliphatic carboxylic acids is 1. The summed E-state index contributed by atoms with van der Waals surface area (Å²) >= 11 is 6.23. The SMILES string of the molecule is O=C(O)CCN1C(=O)C(=Cc2ccc(-c3ccc(F)cc3)o2)SC1=S. The summed E-state index contributed by atoms with van der Waals surface area (Å²) in [6.45, 7) is 0.0380. The number of nitrogens with zero attached hydrogens (tertiary/aromatic N) is 1. The monoisotopic (exact) mass is 377 g/mol. The second kappa shape index (κ2) is 7.20. The molecule has 0 aliphatic carbocycles. The Balaban J connectivity index is 1.77. The first-order valence-electron chi connectivity index (χ1n) is 7.27. The molecule has 1 amide bonds. The zero-order valence-electron chi connectivity index (χ0n) is 12.8. The van der Waals surface area contributed by atoms with Gasteiger partial charge in [0.15, 0.2) is 0 Å². The Morgan fingerprint density at radius 2 is 2.00 bits per heavy atom. The van der Waals surface area contributed by atoms with Crippen LogP contribution in [-0.4, -0.2) is 32.7 Å². The number of hydrogen-bond donors (Lipinski definition) is 1. The Morgan fingerprint density at radius 3 is 2.68 bits per heavy atom. The predicted octanol–water partition coefficient (Wildman–Crippen LogP) is 3.76. The third kappa shape index (κ3) is 3.97. The van der Waals surface area contributed by atoms with Crippen molar-refractivity contribution < 1.29 is 23.5 Å². The largest absolute Gasteiger partial charge is 0.481 e. The van der Waals surface area contributed by atoms with Gasteiger partial charge in [-0.2, -0.15) is 0 Å². The molecule has 0 spiro atoms. The Morgan fingerprint density at radius 1 is 1.28 bits per heavy atom. The highest BCUT2D eigenvalue weighted by Crippen LogP contribution is 2.33. The van der Waals surface area contributed by atoms with Gasteiger partial charge in [0, 0.05) is 18.2 Å². The van der Waals surface area contributed by atoms with Crippen molar-refractivity contribution in [3.63, 3.8) is 0 Å². The molecule has 1 aliphatic heterocycles. The van der Waals surface area contributed by atoms with Crippen LogP contribution in [0.1, 0.15) is 12.2 Å². The van der Waals surface area contributed by atoms with Crippen LogP contribution in [0.15, 0.2) is 45.7 Å². The van der Waals surface area contributed by atoms with E-state index in [-0.39, 0.29) is 24.7 Å². The minimum absolute atomic E-state index is 0.0380. The molecular formula is C17H12FNO4S2. The van der Waals surface area contributed by atoms with Crippen molar-refractivity contribution in [2.75, 3.05) is 6.54 Å². The lowest BCUT2D eigenvalue weighted by atomic mass is 10.2. The highest BCUT2D eigenvalue weighted by molar-refractivity contribution is 8.26. The second-order valence-corrected chi connectivity index (χ2v) is 6.86. The number of carboxylic acid groups (broad SMARTS) is 1. The van der Waals surface area contributed by atoms with Gasteiger partial charge in [0.1, 0.15) is 21.7 Å². The summed E-state index contributed by atoms with van der Waals surface area (Å²) in [7, 11) is 0. The van der Waals surface area contributed by atoms with Crippen molar-refractivity contribution >= 4 is 46.3 Å². The van der Waals surface area contributed by atoms with E-state index in [1.165, 1.54) is 17.0 Å². The molecule has 0 saturated carbocycles. The van der Waals surface area contributed by atoms with Crippen molar-refractivity contribution in [3.05, 3.63) is 52.9 Å².